The van der Waals surface area contributed by atoms with Gasteiger partial charge in [-0.1, -0.05) is 30.3 Å². The van der Waals surface area contributed by atoms with Crippen molar-refractivity contribution in [1.82, 2.24) is 15.6 Å². The fourth-order valence-electron chi connectivity index (χ4n) is 2.66. The van der Waals surface area contributed by atoms with Gasteiger partial charge in [0.15, 0.2) is 0 Å². The van der Waals surface area contributed by atoms with Gasteiger partial charge in [0, 0.05) is 36.9 Å². The van der Waals surface area contributed by atoms with Gasteiger partial charge in [0.1, 0.15) is 0 Å². The lowest BCUT2D eigenvalue weighted by molar-refractivity contribution is -0.120. The third kappa shape index (κ3) is 4.89. The molecule has 0 bridgehead atoms. The highest BCUT2D eigenvalue weighted by atomic mass is 32.1. The summed E-state index contributed by atoms with van der Waals surface area (Å²) in [5, 5.41) is 10.8. The predicted octanol–water partition coefficient (Wildman–Crippen LogP) is 3.08. The molecule has 2 amide bonds. The number of rotatable bonds is 7. The minimum atomic E-state index is -0.165. The Kier molecular flexibility index (Phi) is 5.96. The lowest BCUT2D eigenvalue weighted by atomic mass is 10.1. The van der Waals surface area contributed by atoms with Crippen molar-refractivity contribution in [3.05, 3.63) is 64.1 Å². The lowest BCUT2D eigenvalue weighted by Crippen LogP contribution is -2.31. The largest absolute Gasteiger partial charge is 0.356 e. The highest BCUT2D eigenvalue weighted by Gasteiger charge is 2.07. The number of amides is 2. The minimum absolute atomic E-state index is 0.0734. The lowest BCUT2D eigenvalue weighted by Gasteiger charge is -2.07. The second kappa shape index (κ2) is 8.58. The summed E-state index contributed by atoms with van der Waals surface area (Å²) >= 11 is 1.61. The molecular weight excluding hydrogens is 346 g/mol. The van der Waals surface area contributed by atoms with Crippen molar-refractivity contribution in [2.45, 2.75) is 19.8 Å². The topological polar surface area (TPSA) is 71.1 Å². The number of thiazole rings is 1. The van der Waals surface area contributed by atoms with Crippen LogP contribution in [0.2, 0.25) is 0 Å². The number of fused-ring (bicyclic) bond motifs is 1. The van der Waals surface area contributed by atoms with Gasteiger partial charge >= 0.3 is 0 Å². The van der Waals surface area contributed by atoms with Crippen molar-refractivity contribution in [2.75, 3.05) is 13.1 Å². The van der Waals surface area contributed by atoms with Crippen LogP contribution in [0.25, 0.3) is 10.8 Å². The van der Waals surface area contributed by atoms with Crippen LogP contribution < -0.4 is 10.6 Å². The Morgan fingerprint density at radius 1 is 1.04 bits per heavy atom. The molecule has 0 spiro atoms. The molecule has 3 rings (SSSR count). The molecule has 0 radical (unpaired) electrons. The number of aryl methyl sites for hydroxylation is 1. The van der Waals surface area contributed by atoms with E-state index in [-0.39, 0.29) is 18.2 Å². The van der Waals surface area contributed by atoms with Crippen molar-refractivity contribution < 1.29 is 9.59 Å². The standard InChI is InChI=1S/C20H21N3O2S/c1-14-23-18(13-26-14)8-10-21-19(24)9-11-22-20(25)17-7-6-15-4-2-3-5-16(15)12-17/h2-7,12-13H,8-11H2,1H3,(H,21,24)(H,22,25). The molecule has 1 heterocycles. The first-order valence-corrected chi connectivity index (χ1v) is 9.44. The number of aromatic nitrogens is 1. The van der Waals surface area contributed by atoms with Gasteiger partial charge in [-0.25, -0.2) is 4.98 Å². The summed E-state index contributed by atoms with van der Waals surface area (Å²) in [6, 6.07) is 13.5. The Bertz CT molecular complexity index is 920. The highest BCUT2D eigenvalue weighted by Crippen LogP contribution is 2.15. The molecule has 0 aliphatic rings. The molecule has 0 fully saturated rings. The second-order valence-corrected chi connectivity index (χ2v) is 7.09. The Hall–Kier alpha value is -2.73. The van der Waals surface area contributed by atoms with Crippen LogP contribution >= 0.6 is 11.3 Å². The van der Waals surface area contributed by atoms with E-state index in [2.05, 4.69) is 15.6 Å². The average molecular weight is 367 g/mol. The molecular formula is C20H21N3O2S. The van der Waals surface area contributed by atoms with Gasteiger partial charge in [0.05, 0.1) is 10.7 Å². The number of hydrogen-bond acceptors (Lipinski definition) is 4. The molecule has 0 saturated heterocycles. The van der Waals surface area contributed by atoms with Crippen LogP contribution in [0.4, 0.5) is 0 Å². The van der Waals surface area contributed by atoms with Crippen LogP contribution in [0.3, 0.4) is 0 Å². The minimum Gasteiger partial charge on any atom is -0.356 e. The van der Waals surface area contributed by atoms with Crippen LogP contribution in [-0.4, -0.2) is 29.9 Å². The molecule has 3 aromatic rings. The first kappa shape index (κ1) is 18.1. The van der Waals surface area contributed by atoms with Gasteiger partial charge in [-0.05, 0) is 29.8 Å². The Morgan fingerprint density at radius 3 is 2.62 bits per heavy atom. The summed E-state index contributed by atoms with van der Waals surface area (Å²) in [7, 11) is 0. The molecule has 1 aromatic heterocycles. The predicted molar refractivity (Wildman–Crippen MR) is 104 cm³/mol. The monoisotopic (exact) mass is 367 g/mol. The number of benzene rings is 2. The fourth-order valence-corrected chi connectivity index (χ4v) is 3.31. The van der Waals surface area contributed by atoms with E-state index in [9.17, 15) is 9.59 Å². The first-order valence-electron chi connectivity index (χ1n) is 8.56. The van der Waals surface area contributed by atoms with Gasteiger partial charge in [-0.15, -0.1) is 11.3 Å². The zero-order valence-corrected chi connectivity index (χ0v) is 15.4. The second-order valence-electron chi connectivity index (χ2n) is 6.03. The quantitative estimate of drug-likeness (QED) is 0.674. The summed E-state index contributed by atoms with van der Waals surface area (Å²) in [5.74, 6) is -0.239. The molecule has 0 aliphatic carbocycles. The normalized spacial score (nSPS) is 10.7. The first-order chi connectivity index (χ1) is 12.6. The Balaban J connectivity index is 1.40. The number of nitrogens with one attached hydrogen (secondary N) is 2. The molecule has 6 heteroatoms. The van der Waals surface area contributed by atoms with Crippen LogP contribution in [0.1, 0.15) is 27.5 Å². The van der Waals surface area contributed by atoms with Crippen LogP contribution in [0, 0.1) is 6.92 Å². The van der Waals surface area contributed by atoms with Crippen molar-refractivity contribution >= 4 is 33.9 Å². The Morgan fingerprint density at radius 2 is 1.85 bits per heavy atom. The van der Waals surface area contributed by atoms with Crippen molar-refractivity contribution in [3.8, 4) is 0 Å². The number of hydrogen-bond donors (Lipinski definition) is 2. The van der Waals surface area contributed by atoms with E-state index in [1.54, 1.807) is 17.4 Å². The Labute approximate surface area is 156 Å². The fraction of sp³-hybridized carbons (Fsp3) is 0.250. The van der Waals surface area contributed by atoms with E-state index >= 15 is 0 Å². The molecule has 0 aliphatic heterocycles. The van der Waals surface area contributed by atoms with Gasteiger partial charge in [0.25, 0.3) is 5.91 Å². The van der Waals surface area contributed by atoms with Gasteiger partial charge in [-0.3, -0.25) is 9.59 Å². The van der Waals surface area contributed by atoms with Crippen LogP contribution in [-0.2, 0) is 11.2 Å². The third-order valence-corrected chi connectivity index (χ3v) is 4.84. The number of carbonyl (C=O) groups excluding carboxylic acids is 2. The molecule has 134 valence electrons. The highest BCUT2D eigenvalue weighted by molar-refractivity contribution is 7.09. The van der Waals surface area contributed by atoms with E-state index < -0.39 is 0 Å². The summed E-state index contributed by atoms with van der Waals surface area (Å²) in [4.78, 5) is 28.4. The zero-order chi connectivity index (χ0) is 18.4. The molecule has 2 N–H and O–H groups in total. The van der Waals surface area contributed by atoms with E-state index in [1.807, 2.05) is 48.7 Å². The average Bonchev–Trinajstić information content (AvgIpc) is 3.06. The summed E-state index contributed by atoms with van der Waals surface area (Å²) < 4.78 is 0. The summed E-state index contributed by atoms with van der Waals surface area (Å²) in [6.07, 6.45) is 0.981. The van der Waals surface area contributed by atoms with E-state index in [0.717, 1.165) is 27.9 Å². The van der Waals surface area contributed by atoms with E-state index in [4.69, 9.17) is 0 Å². The smallest absolute Gasteiger partial charge is 0.251 e. The van der Waals surface area contributed by atoms with Gasteiger partial charge in [0.2, 0.25) is 5.91 Å². The van der Waals surface area contributed by atoms with Crippen molar-refractivity contribution in [3.63, 3.8) is 0 Å². The maximum absolute atomic E-state index is 12.2. The van der Waals surface area contributed by atoms with Crippen LogP contribution in [0.5, 0.6) is 0 Å². The molecule has 2 aromatic carbocycles. The van der Waals surface area contributed by atoms with Crippen molar-refractivity contribution in [1.29, 1.82) is 0 Å². The number of carbonyl (C=O) groups is 2. The van der Waals surface area contributed by atoms with Gasteiger partial charge in [-0.2, -0.15) is 0 Å². The molecule has 0 unspecified atom stereocenters. The van der Waals surface area contributed by atoms with Crippen molar-refractivity contribution in [2.24, 2.45) is 0 Å². The summed E-state index contributed by atoms with van der Waals surface area (Å²) in [6.45, 7) is 2.83. The molecule has 5 nitrogen and oxygen atoms in total. The molecule has 26 heavy (non-hydrogen) atoms. The van der Waals surface area contributed by atoms with Crippen LogP contribution in [0.15, 0.2) is 47.8 Å². The van der Waals surface area contributed by atoms with Gasteiger partial charge < -0.3 is 10.6 Å². The SMILES string of the molecule is Cc1nc(CCNC(=O)CCNC(=O)c2ccc3ccccc3c2)cs1. The molecule has 0 atom stereocenters. The number of nitrogens with zero attached hydrogens (tertiary/aromatic N) is 1. The summed E-state index contributed by atoms with van der Waals surface area (Å²) in [5.41, 5.74) is 1.60. The maximum atomic E-state index is 12.2. The van der Waals surface area contributed by atoms with E-state index in [0.29, 0.717) is 18.7 Å². The maximum Gasteiger partial charge on any atom is 0.251 e. The van der Waals surface area contributed by atoms with E-state index in [1.165, 1.54) is 0 Å². The molecule has 0 saturated carbocycles. The third-order valence-electron chi connectivity index (χ3n) is 4.02. The zero-order valence-electron chi connectivity index (χ0n) is 14.6.